The summed E-state index contributed by atoms with van der Waals surface area (Å²) < 4.78 is 5.55. The molecule has 0 radical (unpaired) electrons. The molecule has 1 heterocycles. The maximum atomic E-state index is 12.4. The van der Waals surface area contributed by atoms with Crippen molar-refractivity contribution in [3.8, 4) is 5.75 Å². The molecule has 3 rings (SSSR count). The van der Waals surface area contributed by atoms with E-state index in [1.54, 1.807) is 47.8 Å². The highest BCUT2D eigenvalue weighted by Gasteiger charge is 2.15. The normalized spacial score (nSPS) is 10.4. The molecule has 6 nitrogen and oxygen atoms in total. The van der Waals surface area contributed by atoms with Gasteiger partial charge < -0.3 is 10.1 Å². The fourth-order valence-electron chi connectivity index (χ4n) is 2.39. The van der Waals surface area contributed by atoms with Crippen molar-refractivity contribution < 1.29 is 14.5 Å². The third-order valence-corrected chi connectivity index (χ3v) is 5.24. The number of rotatable bonds is 6. The first-order valence-corrected chi connectivity index (χ1v) is 9.21. The molecular weight excluding hydrogens is 388 g/mol. The minimum Gasteiger partial charge on any atom is -0.482 e. The summed E-state index contributed by atoms with van der Waals surface area (Å²) in [4.78, 5) is 23.5. The summed E-state index contributed by atoms with van der Waals surface area (Å²) >= 11 is 7.34. The summed E-state index contributed by atoms with van der Waals surface area (Å²) in [6.45, 7) is 1.96. The molecule has 1 aromatic heterocycles. The van der Waals surface area contributed by atoms with Crippen molar-refractivity contribution in [3.63, 3.8) is 0 Å². The molecule has 0 aliphatic heterocycles. The van der Waals surface area contributed by atoms with Crippen LogP contribution in [0.25, 0.3) is 0 Å². The van der Waals surface area contributed by atoms with Crippen molar-refractivity contribution >= 4 is 40.2 Å². The highest BCUT2D eigenvalue weighted by atomic mass is 35.5. The second kappa shape index (κ2) is 8.20. The molecule has 8 heteroatoms. The topological polar surface area (TPSA) is 81.5 Å². The zero-order valence-electron chi connectivity index (χ0n) is 14.3. The zero-order valence-corrected chi connectivity index (χ0v) is 15.8. The first-order chi connectivity index (χ1) is 13.0. The minimum atomic E-state index is -0.491. The van der Waals surface area contributed by atoms with Crippen LogP contribution in [-0.2, 0) is 6.61 Å². The Balaban J connectivity index is 1.67. The number of para-hydroxylation sites is 2. The summed E-state index contributed by atoms with van der Waals surface area (Å²) in [5, 5.41) is 16.2. The van der Waals surface area contributed by atoms with Gasteiger partial charge in [0.25, 0.3) is 5.91 Å². The molecule has 1 amide bonds. The van der Waals surface area contributed by atoms with E-state index in [1.165, 1.54) is 17.4 Å². The Kier molecular flexibility index (Phi) is 5.73. The van der Waals surface area contributed by atoms with Crippen LogP contribution >= 0.6 is 22.9 Å². The number of carbonyl (C=O) groups is 1. The highest BCUT2D eigenvalue weighted by molar-refractivity contribution is 7.12. The molecule has 0 fully saturated rings. The minimum absolute atomic E-state index is 0.0953. The van der Waals surface area contributed by atoms with E-state index in [0.29, 0.717) is 15.6 Å². The van der Waals surface area contributed by atoms with Gasteiger partial charge in [-0.05, 0) is 42.1 Å². The summed E-state index contributed by atoms with van der Waals surface area (Å²) in [7, 11) is 0. The Morgan fingerprint density at radius 1 is 1.26 bits per heavy atom. The molecule has 0 spiro atoms. The van der Waals surface area contributed by atoms with Gasteiger partial charge in [-0.15, -0.1) is 11.3 Å². The predicted octanol–water partition coefficient (Wildman–Crippen LogP) is 5.45. The predicted molar refractivity (Wildman–Crippen MR) is 106 cm³/mol. The summed E-state index contributed by atoms with van der Waals surface area (Å²) in [6.07, 6.45) is 0. The Hall–Kier alpha value is -2.90. The maximum Gasteiger partial charge on any atom is 0.310 e. The molecule has 0 unspecified atom stereocenters. The van der Waals surface area contributed by atoms with E-state index in [4.69, 9.17) is 16.3 Å². The van der Waals surface area contributed by atoms with E-state index in [-0.39, 0.29) is 24.0 Å². The SMILES string of the molecule is Cc1c(Cl)cccc1NC(=O)c1cc(COc2ccccc2[N+](=O)[O-])cs1. The van der Waals surface area contributed by atoms with Crippen LogP contribution in [0.15, 0.2) is 53.9 Å². The average Bonchev–Trinajstić information content (AvgIpc) is 3.13. The molecule has 0 aliphatic rings. The smallest absolute Gasteiger partial charge is 0.310 e. The van der Waals surface area contributed by atoms with Crippen molar-refractivity contribution in [2.24, 2.45) is 0 Å². The Labute approximate surface area is 164 Å². The lowest BCUT2D eigenvalue weighted by Gasteiger charge is -2.08. The first-order valence-electron chi connectivity index (χ1n) is 7.96. The van der Waals surface area contributed by atoms with Crippen LogP contribution in [0.5, 0.6) is 5.75 Å². The van der Waals surface area contributed by atoms with E-state index in [2.05, 4.69) is 5.32 Å². The summed E-state index contributed by atoms with van der Waals surface area (Å²) in [5.41, 5.74) is 2.11. The summed E-state index contributed by atoms with van der Waals surface area (Å²) in [6, 6.07) is 13.2. The van der Waals surface area contributed by atoms with E-state index in [1.807, 2.05) is 6.92 Å². The van der Waals surface area contributed by atoms with Crippen LogP contribution in [-0.4, -0.2) is 10.8 Å². The number of hydrogen-bond donors (Lipinski definition) is 1. The van der Waals surface area contributed by atoms with Crippen LogP contribution in [0, 0.1) is 17.0 Å². The van der Waals surface area contributed by atoms with Gasteiger partial charge in [0, 0.05) is 22.3 Å². The number of halogens is 1. The molecule has 3 aromatic rings. The van der Waals surface area contributed by atoms with Crippen LogP contribution < -0.4 is 10.1 Å². The van der Waals surface area contributed by atoms with Crippen molar-refractivity contribution in [1.82, 2.24) is 0 Å². The molecule has 0 aliphatic carbocycles. The third-order valence-electron chi connectivity index (χ3n) is 3.85. The number of hydrogen-bond acceptors (Lipinski definition) is 5. The fraction of sp³-hybridized carbons (Fsp3) is 0.105. The van der Waals surface area contributed by atoms with Gasteiger partial charge in [0.2, 0.25) is 0 Å². The Morgan fingerprint density at radius 2 is 2.04 bits per heavy atom. The van der Waals surface area contributed by atoms with E-state index >= 15 is 0 Å². The fourth-order valence-corrected chi connectivity index (χ4v) is 3.35. The van der Waals surface area contributed by atoms with Crippen LogP contribution in [0.1, 0.15) is 20.8 Å². The standard InChI is InChI=1S/C19H15ClN2O4S/c1-12-14(20)5-4-6-15(12)21-19(23)18-9-13(11-27-18)10-26-17-8-3-2-7-16(17)22(24)25/h2-9,11H,10H2,1H3,(H,21,23). The molecule has 0 saturated carbocycles. The molecule has 1 N–H and O–H groups in total. The van der Waals surface area contributed by atoms with Gasteiger partial charge in [-0.25, -0.2) is 0 Å². The van der Waals surface area contributed by atoms with Gasteiger partial charge in [0.15, 0.2) is 5.75 Å². The number of benzene rings is 2. The lowest BCUT2D eigenvalue weighted by Crippen LogP contribution is -2.11. The van der Waals surface area contributed by atoms with Crippen molar-refractivity contribution in [2.45, 2.75) is 13.5 Å². The number of thiophene rings is 1. The number of anilines is 1. The lowest BCUT2D eigenvalue weighted by atomic mass is 10.2. The van der Waals surface area contributed by atoms with Gasteiger partial charge in [-0.2, -0.15) is 0 Å². The molecule has 138 valence electrons. The zero-order chi connectivity index (χ0) is 19.4. The van der Waals surface area contributed by atoms with Crippen LogP contribution in [0.3, 0.4) is 0 Å². The maximum absolute atomic E-state index is 12.4. The Bertz CT molecular complexity index is 1000. The lowest BCUT2D eigenvalue weighted by molar-refractivity contribution is -0.385. The number of ether oxygens (including phenoxy) is 1. The quantitative estimate of drug-likeness (QED) is 0.439. The molecular formula is C19H15ClN2O4S. The molecule has 0 saturated heterocycles. The molecule has 0 atom stereocenters. The molecule has 27 heavy (non-hydrogen) atoms. The molecule has 0 bridgehead atoms. The second-order valence-electron chi connectivity index (χ2n) is 5.70. The molecule has 2 aromatic carbocycles. The summed E-state index contributed by atoms with van der Waals surface area (Å²) in [5.74, 6) is -0.0587. The third kappa shape index (κ3) is 4.45. The van der Waals surface area contributed by atoms with Gasteiger partial charge >= 0.3 is 5.69 Å². The van der Waals surface area contributed by atoms with Crippen molar-refractivity contribution in [1.29, 1.82) is 0 Å². The van der Waals surface area contributed by atoms with Gasteiger partial charge in [0.05, 0.1) is 9.80 Å². The van der Waals surface area contributed by atoms with E-state index in [9.17, 15) is 14.9 Å². The Morgan fingerprint density at radius 3 is 2.81 bits per heavy atom. The van der Waals surface area contributed by atoms with Gasteiger partial charge in [-0.1, -0.05) is 29.8 Å². The number of nitro groups is 1. The first kappa shape index (κ1) is 18.9. The van der Waals surface area contributed by atoms with E-state index < -0.39 is 4.92 Å². The highest BCUT2D eigenvalue weighted by Crippen LogP contribution is 2.28. The second-order valence-corrected chi connectivity index (χ2v) is 7.02. The van der Waals surface area contributed by atoms with Crippen LogP contribution in [0.4, 0.5) is 11.4 Å². The van der Waals surface area contributed by atoms with Crippen molar-refractivity contribution in [2.75, 3.05) is 5.32 Å². The van der Waals surface area contributed by atoms with Gasteiger partial charge in [0.1, 0.15) is 6.61 Å². The number of nitro benzene ring substituents is 1. The average molecular weight is 403 g/mol. The van der Waals surface area contributed by atoms with Crippen LogP contribution in [0.2, 0.25) is 5.02 Å². The van der Waals surface area contributed by atoms with Crippen molar-refractivity contribution in [3.05, 3.63) is 85.1 Å². The van der Waals surface area contributed by atoms with E-state index in [0.717, 1.165) is 11.1 Å². The number of nitrogens with one attached hydrogen (secondary N) is 1. The number of carbonyl (C=O) groups excluding carboxylic acids is 1. The number of amides is 1. The largest absolute Gasteiger partial charge is 0.482 e. The monoisotopic (exact) mass is 402 g/mol. The van der Waals surface area contributed by atoms with Gasteiger partial charge in [-0.3, -0.25) is 14.9 Å². The number of nitrogens with zero attached hydrogens (tertiary/aromatic N) is 1.